The van der Waals surface area contributed by atoms with Crippen LogP contribution in [0, 0.1) is 5.92 Å². The predicted molar refractivity (Wildman–Crippen MR) is 41.5 cm³/mol. The molecule has 1 aliphatic carbocycles. The first-order valence-corrected chi connectivity index (χ1v) is 3.88. The van der Waals surface area contributed by atoms with E-state index >= 15 is 0 Å². The molecule has 0 aromatic carbocycles. The van der Waals surface area contributed by atoms with Gasteiger partial charge in [0.15, 0.2) is 0 Å². The summed E-state index contributed by atoms with van der Waals surface area (Å²) in [5.74, 6) is -0.112. The van der Waals surface area contributed by atoms with Gasteiger partial charge in [0.2, 0.25) is 5.91 Å². The molecule has 4 N–H and O–H groups in total. The minimum atomic E-state index is -1.19. The van der Waals surface area contributed by atoms with Gasteiger partial charge in [-0.2, -0.15) is 0 Å². The van der Waals surface area contributed by atoms with Gasteiger partial charge in [-0.15, -0.1) is 0 Å². The Morgan fingerprint density at radius 2 is 2.17 bits per heavy atom. The Bertz CT molecular complexity index is 201. The normalized spacial score (nSPS) is 18.3. The fraction of sp³-hybridized carbons (Fsp3) is 0.714. The maximum atomic E-state index is 10.7. The second-order valence-corrected chi connectivity index (χ2v) is 3.08. The Hall–Kier alpha value is -1.26. The number of nitrogens with two attached hydrogens (primary N) is 1. The van der Waals surface area contributed by atoms with Gasteiger partial charge in [0.1, 0.15) is 6.04 Å². The molecule has 0 aliphatic heterocycles. The minimum Gasteiger partial charge on any atom is -0.465 e. The van der Waals surface area contributed by atoms with Crippen LogP contribution >= 0.6 is 0 Å². The highest BCUT2D eigenvalue weighted by atomic mass is 16.4. The number of hydrogen-bond donors (Lipinski definition) is 3. The van der Waals surface area contributed by atoms with Crippen LogP contribution in [0.4, 0.5) is 4.79 Å². The molecule has 0 heterocycles. The summed E-state index contributed by atoms with van der Waals surface area (Å²) in [5.41, 5.74) is 5.00. The lowest BCUT2D eigenvalue weighted by atomic mass is 10.1. The van der Waals surface area contributed by atoms with Gasteiger partial charge in [-0.05, 0) is 12.3 Å². The Balaban J connectivity index is 2.36. The van der Waals surface area contributed by atoms with Crippen molar-refractivity contribution < 1.29 is 14.7 Å². The van der Waals surface area contributed by atoms with E-state index in [0.717, 1.165) is 12.8 Å². The van der Waals surface area contributed by atoms with Gasteiger partial charge in [0.05, 0.1) is 0 Å². The second kappa shape index (κ2) is 3.42. The van der Waals surface area contributed by atoms with Crippen molar-refractivity contribution in [1.29, 1.82) is 0 Å². The predicted octanol–water partition coefficient (Wildman–Crippen LogP) is -0.0920. The molecule has 2 amide bonds. The zero-order chi connectivity index (χ0) is 9.14. The van der Waals surface area contributed by atoms with E-state index in [0.29, 0.717) is 12.3 Å². The summed E-state index contributed by atoms with van der Waals surface area (Å²) < 4.78 is 0. The average Bonchev–Trinajstić information content (AvgIpc) is 2.68. The molecule has 1 saturated carbocycles. The van der Waals surface area contributed by atoms with Crippen LogP contribution in [0.2, 0.25) is 0 Å². The standard InChI is InChI=1S/C7H12N2O3/c8-6(10)5(9-7(11)12)3-4-1-2-4/h4-5,9H,1-3H2,(H2,8,10)(H,11,12)/t5-/m0/s1. The lowest BCUT2D eigenvalue weighted by molar-refractivity contribution is -0.120. The van der Waals surface area contributed by atoms with Crippen LogP contribution < -0.4 is 11.1 Å². The second-order valence-electron chi connectivity index (χ2n) is 3.08. The summed E-state index contributed by atoms with van der Waals surface area (Å²) >= 11 is 0. The molecule has 1 aliphatic rings. The smallest absolute Gasteiger partial charge is 0.405 e. The summed E-state index contributed by atoms with van der Waals surface area (Å²) in [7, 11) is 0. The third kappa shape index (κ3) is 2.77. The quantitative estimate of drug-likeness (QED) is 0.553. The first kappa shape index (κ1) is 8.83. The van der Waals surface area contributed by atoms with E-state index in [1.807, 2.05) is 0 Å². The third-order valence-corrected chi connectivity index (χ3v) is 1.91. The van der Waals surface area contributed by atoms with Crippen LogP contribution in [0.15, 0.2) is 0 Å². The summed E-state index contributed by atoms with van der Waals surface area (Å²) in [6, 6.07) is -0.713. The topological polar surface area (TPSA) is 92.4 Å². The number of carbonyl (C=O) groups is 2. The molecule has 0 saturated heterocycles. The Kier molecular flexibility index (Phi) is 2.52. The Labute approximate surface area is 69.9 Å². The molecule has 0 spiro atoms. The highest BCUT2D eigenvalue weighted by Crippen LogP contribution is 2.33. The van der Waals surface area contributed by atoms with Crippen LogP contribution in [-0.2, 0) is 4.79 Å². The maximum Gasteiger partial charge on any atom is 0.405 e. The van der Waals surface area contributed by atoms with Crippen molar-refractivity contribution in [3.05, 3.63) is 0 Å². The van der Waals surface area contributed by atoms with Crippen molar-refractivity contribution in [2.75, 3.05) is 0 Å². The number of carbonyl (C=O) groups excluding carboxylic acids is 1. The van der Waals surface area contributed by atoms with Gasteiger partial charge in [0, 0.05) is 0 Å². The summed E-state index contributed by atoms with van der Waals surface area (Å²) in [6.45, 7) is 0. The van der Waals surface area contributed by atoms with Crippen molar-refractivity contribution in [3.8, 4) is 0 Å². The van der Waals surface area contributed by atoms with E-state index in [1.54, 1.807) is 0 Å². The zero-order valence-corrected chi connectivity index (χ0v) is 6.62. The number of nitrogens with one attached hydrogen (secondary N) is 1. The fourth-order valence-electron chi connectivity index (χ4n) is 1.08. The van der Waals surface area contributed by atoms with Gasteiger partial charge in [-0.1, -0.05) is 12.8 Å². The van der Waals surface area contributed by atoms with Crippen LogP contribution in [-0.4, -0.2) is 23.1 Å². The van der Waals surface area contributed by atoms with Gasteiger partial charge < -0.3 is 16.2 Å². The number of rotatable bonds is 4. The van der Waals surface area contributed by atoms with Crippen LogP contribution in [0.3, 0.4) is 0 Å². The highest BCUT2D eigenvalue weighted by Gasteiger charge is 2.28. The van der Waals surface area contributed by atoms with Gasteiger partial charge in [-0.3, -0.25) is 4.79 Å². The van der Waals surface area contributed by atoms with Gasteiger partial charge in [-0.25, -0.2) is 4.79 Å². The molecule has 5 nitrogen and oxygen atoms in total. The number of amides is 2. The summed E-state index contributed by atoms with van der Waals surface area (Å²) in [6.07, 6.45) is 1.50. The van der Waals surface area contributed by atoms with Crippen molar-refractivity contribution >= 4 is 12.0 Å². The first-order chi connectivity index (χ1) is 5.59. The molecule has 0 radical (unpaired) electrons. The largest absolute Gasteiger partial charge is 0.465 e. The molecule has 5 heteroatoms. The van der Waals surface area contributed by atoms with Crippen LogP contribution in [0.25, 0.3) is 0 Å². The summed E-state index contributed by atoms with van der Waals surface area (Å²) in [4.78, 5) is 20.9. The molecule has 0 aromatic heterocycles. The SMILES string of the molecule is NC(=O)[C@H](CC1CC1)NC(=O)O. The highest BCUT2D eigenvalue weighted by molar-refractivity contribution is 5.83. The molecule has 68 valence electrons. The van der Waals surface area contributed by atoms with Crippen molar-refractivity contribution in [2.45, 2.75) is 25.3 Å². The molecule has 0 bridgehead atoms. The number of primary amides is 1. The molecule has 1 fully saturated rings. The van der Waals surface area contributed by atoms with E-state index < -0.39 is 18.0 Å². The van der Waals surface area contributed by atoms with E-state index in [-0.39, 0.29) is 0 Å². The molecule has 0 unspecified atom stereocenters. The fourth-order valence-corrected chi connectivity index (χ4v) is 1.08. The van der Waals surface area contributed by atoms with Crippen molar-refractivity contribution in [2.24, 2.45) is 11.7 Å². The molecule has 1 rings (SSSR count). The Morgan fingerprint density at radius 3 is 2.50 bits per heavy atom. The number of hydrogen-bond acceptors (Lipinski definition) is 2. The van der Waals surface area contributed by atoms with E-state index in [9.17, 15) is 9.59 Å². The molecule has 0 aromatic rings. The van der Waals surface area contributed by atoms with Gasteiger partial charge in [0.25, 0.3) is 0 Å². The van der Waals surface area contributed by atoms with Crippen molar-refractivity contribution in [1.82, 2.24) is 5.32 Å². The zero-order valence-electron chi connectivity index (χ0n) is 6.62. The maximum absolute atomic E-state index is 10.7. The van der Waals surface area contributed by atoms with E-state index in [4.69, 9.17) is 10.8 Å². The minimum absolute atomic E-state index is 0.481. The van der Waals surface area contributed by atoms with Gasteiger partial charge >= 0.3 is 6.09 Å². The van der Waals surface area contributed by atoms with E-state index in [2.05, 4.69) is 5.32 Å². The molecule has 1 atom stereocenters. The van der Waals surface area contributed by atoms with E-state index in [1.165, 1.54) is 0 Å². The lowest BCUT2D eigenvalue weighted by Gasteiger charge is -2.11. The average molecular weight is 172 g/mol. The molecular weight excluding hydrogens is 160 g/mol. The molecule has 12 heavy (non-hydrogen) atoms. The van der Waals surface area contributed by atoms with Crippen molar-refractivity contribution in [3.63, 3.8) is 0 Å². The monoisotopic (exact) mass is 172 g/mol. The number of carboxylic acid groups (broad SMARTS) is 1. The first-order valence-electron chi connectivity index (χ1n) is 3.88. The third-order valence-electron chi connectivity index (χ3n) is 1.91. The van der Waals surface area contributed by atoms with Crippen LogP contribution in [0.1, 0.15) is 19.3 Å². The Morgan fingerprint density at radius 1 is 1.58 bits per heavy atom. The summed E-state index contributed by atoms with van der Waals surface area (Å²) in [5, 5.41) is 10.4. The molecular formula is C7H12N2O3. The lowest BCUT2D eigenvalue weighted by Crippen LogP contribution is -2.44. The van der Waals surface area contributed by atoms with Crippen LogP contribution in [0.5, 0.6) is 0 Å².